The van der Waals surface area contributed by atoms with E-state index in [-0.39, 0.29) is 89.8 Å². The molecule has 0 aliphatic carbocycles. The number of aromatic hydroxyl groups is 1. The number of phenolic OH excluding ortho intramolecular Hbond substituents is 1. The minimum absolute atomic E-state index is 0.0172. The molecule has 4 aromatic carbocycles. The van der Waals surface area contributed by atoms with Crippen LogP contribution in [-0.4, -0.2) is 192 Å². The molecule has 0 saturated carbocycles. The summed E-state index contributed by atoms with van der Waals surface area (Å²) in [5.41, 5.74) is 5.58. The van der Waals surface area contributed by atoms with E-state index >= 15 is 4.39 Å². The van der Waals surface area contributed by atoms with Crippen molar-refractivity contribution < 1.29 is 61.9 Å². The number of β-amino-alcohol motifs (C(OH)–C–C–N with tert-alkyl or cyclic N) is 1. The van der Waals surface area contributed by atoms with E-state index in [1.807, 2.05) is 75.1 Å². The number of halogens is 2. The van der Waals surface area contributed by atoms with Gasteiger partial charge in [0.15, 0.2) is 5.82 Å². The van der Waals surface area contributed by atoms with Gasteiger partial charge < -0.3 is 63.2 Å². The smallest absolute Gasteiger partial charge is 0.319 e. The fourth-order valence-electron chi connectivity index (χ4n) is 11.9. The highest BCUT2D eigenvalue weighted by Gasteiger charge is 2.43. The number of phenols is 1. The van der Waals surface area contributed by atoms with Crippen LogP contribution in [0.1, 0.15) is 68.7 Å². The first-order chi connectivity index (χ1) is 43.5. The largest absolute Gasteiger partial charge is 0.508 e. The molecular weight excluding hydrogens is 1200 g/mol. The zero-order valence-corrected chi connectivity index (χ0v) is 53.1. The molecule has 3 fully saturated rings. The second kappa shape index (κ2) is 30.6. The molecule has 7 aromatic rings. The normalized spacial score (nSPS) is 17.4. The molecule has 0 bridgehead atoms. The number of piperidine rings is 1. The molecule has 2 unspecified atom stereocenters. The monoisotopic (exact) mass is 1280 g/mol. The number of aliphatic hydroxyl groups excluding tert-OH is 1. The van der Waals surface area contributed by atoms with E-state index in [0.29, 0.717) is 118 Å². The highest BCUT2D eigenvalue weighted by molar-refractivity contribution is 7.13. The van der Waals surface area contributed by atoms with Gasteiger partial charge in [0.1, 0.15) is 53.3 Å². The number of carbonyl (C=O) groups is 3. The van der Waals surface area contributed by atoms with E-state index < -0.39 is 23.9 Å². The maximum Gasteiger partial charge on any atom is 0.319 e. The summed E-state index contributed by atoms with van der Waals surface area (Å²) in [6.07, 6.45) is 1.95. The van der Waals surface area contributed by atoms with E-state index in [4.69, 9.17) is 49.5 Å². The summed E-state index contributed by atoms with van der Waals surface area (Å²) in [6.45, 7) is 20.1. The van der Waals surface area contributed by atoms with Crippen LogP contribution in [0.3, 0.4) is 0 Å². The number of nitrogens with one attached hydrogen (secondary N) is 1. The van der Waals surface area contributed by atoms with Crippen molar-refractivity contribution in [3.63, 3.8) is 0 Å². The number of ether oxygens (including phenoxy) is 6. The number of benzene rings is 4. The molecule has 10 rings (SSSR count). The number of likely N-dealkylation sites (tertiary alicyclic amines) is 2. The number of hydrogen-bond donors (Lipinski definition) is 3. The molecule has 3 saturated heterocycles. The van der Waals surface area contributed by atoms with Crippen molar-refractivity contribution in [1.29, 1.82) is 0 Å². The fourth-order valence-corrected chi connectivity index (χ4v) is 13.0. The van der Waals surface area contributed by atoms with Crippen molar-refractivity contribution in [2.24, 2.45) is 5.92 Å². The lowest BCUT2D eigenvalue weighted by Crippen LogP contribution is -2.48. The molecule has 480 valence electrons. The Morgan fingerprint density at radius 3 is 2.30 bits per heavy atom. The lowest BCUT2D eigenvalue weighted by Gasteiger charge is -2.35. The van der Waals surface area contributed by atoms with E-state index in [0.717, 1.165) is 53.0 Å². The highest BCUT2D eigenvalue weighted by Crippen LogP contribution is 2.43. The van der Waals surface area contributed by atoms with Crippen molar-refractivity contribution in [3.8, 4) is 39.1 Å². The third-order valence-electron chi connectivity index (χ3n) is 16.5. The average molecular weight is 1280 g/mol. The summed E-state index contributed by atoms with van der Waals surface area (Å²) in [6, 6.07) is 18.9. The molecule has 0 radical (unpaired) electrons. The second-order valence-electron chi connectivity index (χ2n) is 23.3. The Kier molecular flexibility index (Phi) is 22.3. The number of thiazole rings is 1. The summed E-state index contributed by atoms with van der Waals surface area (Å²) in [4.78, 5) is 62.6. The summed E-state index contributed by atoms with van der Waals surface area (Å²) in [5, 5.41) is 30.3. The van der Waals surface area contributed by atoms with Gasteiger partial charge in [0.05, 0.1) is 85.3 Å². The van der Waals surface area contributed by atoms with Gasteiger partial charge in [0, 0.05) is 87.9 Å². The van der Waals surface area contributed by atoms with Crippen molar-refractivity contribution in [2.75, 3.05) is 110 Å². The molecule has 3 aliphatic rings. The molecule has 90 heavy (non-hydrogen) atoms. The van der Waals surface area contributed by atoms with E-state index in [1.165, 1.54) is 28.4 Å². The first-order valence-electron chi connectivity index (χ1n) is 30.7. The molecular formula is C66H79ClFN9O12S. The van der Waals surface area contributed by atoms with Gasteiger partial charge in [-0.1, -0.05) is 73.6 Å². The Labute approximate surface area is 532 Å². The number of rotatable bonds is 28. The van der Waals surface area contributed by atoms with Gasteiger partial charge >= 0.3 is 6.01 Å². The van der Waals surface area contributed by atoms with Crippen LogP contribution in [-0.2, 0) is 39.9 Å². The minimum atomic E-state index is -0.865. The number of aliphatic hydroxyl groups is 1. The van der Waals surface area contributed by atoms with Crippen molar-refractivity contribution in [3.05, 3.63) is 118 Å². The Balaban J connectivity index is 0.632. The van der Waals surface area contributed by atoms with Crippen molar-refractivity contribution >= 4 is 68.2 Å². The topological polar surface area (TPSA) is 237 Å². The van der Waals surface area contributed by atoms with Gasteiger partial charge in [0.2, 0.25) is 17.7 Å². The number of carbonyl (C=O) groups excluding carboxylic acids is 3. The number of aryl methyl sites for hydroxylation is 2. The number of aromatic nitrogens is 4. The Hall–Kier alpha value is -7.35. The molecule has 24 heteroatoms. The van der Waals surface area contributed by atoms with Gasteiger partial charge in [-0.05, 0) is 91.8 Å². The first kappa shape index (κ1) is 65.6. The lowest BCUT2D eigenvalue weighted by molar-refractivity contribution is -0.141. The minimum Gasteiger partial charge on any atom is -0.508 e. The standard InChI is InChI=1S/C66H79ClFN9O12S/c1-7-57(80)75-18-20-76(21-19-75)63-52-35-53(67)59(51-33-47(78)31-44-10-8-9-11-50(44)51)60(68)61(52)71-66(72-63)88-42(5)37-74-16-14-49(15-17-74)86-28-26-84-24-22-83-23-25-85-27-29-87-55-32-45(62-43(6)70-39-90-62)12-13-46(55)36-69-64(81)54-34-48(79)38-77(54)65(82)58(40(2)3)56-30-41(4)73-89-56/h7-13,30-33,35,39-40,42,48-49,54,58,78-79H,1,14-29,34,36-38H2,2-6H3,(H,69,81)/t42-,48?,54?,58+/m1/s1. The van der Waals surface area contributed by atoms with Crippen LogP contribution < -0.4 is 19.7 Å². The third kappa shape index (κ3) is 16.0. The summed E-state index contributed by atoms with van der Waals surface area (Å²) in [5.74, 6) is -0.853. The number of hydrogen-bond acceptors (Lipinski definition) is 19. The fraction of sp³-hybridized carbons (Fsp3) is 0.470. The van der Waals surface area contributed by atoms with Crippen LogP contribution in [0.4, 0.5) is 10.2 Å². The van der Waals surface area contributed by atoms with Crippen LogP contribution in [0.5, 0.6) is 17.5 Å². The number of amides is 3. The van der Waals surface area contributed by atoms with E-state index in [2.05, 4.69) is 31.9 Å². The Morgan fingerprint density at radius 1 is 0.889 bits per heavy atom. The zero-order chi connectivity index (χ0) is 63.4. The third-order valence-corrected chi connectivity index (χ3v) is 17.7. The van der Waals surface area contributed by atoms with Crippen LogP contribution in [0, 0.1) is 25.6 Å². The van der Waals surface area contributed by atoms with Gasteiger partial charge in [0.25, 0.3) is 0 Å². The highest BCUT2D eigenvalue weighted by atomic mass is 35.5. The van der Waals surface area contributed by atoms with Gasteiger partial charge in [-0.3, -0.25) is 19.3 Å². The van der Waals surface area contributed by atoms with Crippen molar-refractivity contribution in [2.45, 2.75) is 90.7 Å². The quantitative estimate of drug-likeness (QED) is 0.0306. The Bertz CT molecular complexity index is 3630. The van der Waals surface area contributed by atoms with Gasteiger partial charge in [-0.15, -0.1) is 11.3 Å². The van der Waals surface area contributed by atoms with Crippen LogP contribution in [0.25, 0.3) is 43.2 Å². The first-order valence-corrected chi connectivity index (χ1v) is 32.0. The summed E-state index contributed by atoms with van der Waals surface area (Å²) >= 11 is 8.47. The summed E-state index contributed by atoms with van der Waals surface area (Å²) in [7, 11) is 0. The molecule has 0 spiro atoms. The second-order valence-corrected chi connectivity index (χ2v) is 24.5. The number of fused-ring (bicyclic) bond motifs is 2. The molecule has 3 amide bonds. The van der Waals surface area contributed by atoms with Crippen LogP contribution in [0.15, 0.2) is 89.4 Å². The van der Waals surface area contributed by atoms with Crippen molar-refractivity contribution in [1.82, 2.24) is 40.1 Å². The molecule has 3 N–H and O–H groups in total. The average Bonchev–Trinajstić information content (AvgIpc) is 1.15. The molecule has 4 atom stereocenters. The van der Waals surface area contributed by atoms with Crippen LogP contribution >= 0.6 is 22.9 Å². The maximum atomic E-state index is 17.2. The number of nitrogens with zero attached hydrogens (tertiary/aromatic N) is 8. The molecule has 3 aliphatic heterocycles. The predicted octanol–water partition coefficient (Wildman–Crippen LogP) is 8.91. The lowest BCUT2D eigenvalue weighted by atomic mass is 9.91. The van der Waals surface area contributed by atoms with E-state index in [9.17, 15) is 24.6 Å². The molecule has 3 aromatic heterocycles. The molecule has 6 heterocycles. The maximum absolute atomic E-state index is 17.2. The van der Waals surface area contributed by atoms with Gasteiger partial charge in [-0.2, -0.15) is 9.97 Å². The Morgan fingerprint density at radius 2 is 1.61 bits per heavy atom. The summed E-state index contributed by atoms with van der Waals surface area (Å²) < 4.78 is 58.9. The van der Waals surface area contributed by atoms with E-state index in [1.54, 1.807) is 35.5 Å². The number of anilines is 1. The van der Waals surface area contributed by atoms with Crippen LogP contribution in [0.2, 0.25) is 5.02 Å². The number of piperazine rings is 1. The molecule has 21 nitrogen and oxygen atoms in total. The van der Waals surface area contributed by atoms with Gasteiger partial charge in [-0.25, -0.2) is 9.37 Å². The SMILES string of the molecule is C=CC(=O)N1CCN(c2nc(O[C@H](C)CN3CCC(OCCOCCOCCOCCOc4cc(-c5scnc5C)ccc4CNC(=O)C4CC(O)CN4C(=O)[C@H](c4cc(C)no4)C(C)C)CC3)nc3c(F)c(-c4cc(O)cc5ccccc45)c(Cl)cc23)CC1. The zero-order valence-electron chi connectivity index (χ0n) is 51.5. The predicted molar refractivity (Wildman–Crippen MR) is 341 cm³/mol.